The molecule has 0 atom stereocenters. The van der Waals surface area contributed by atoms with E-state index in [-0.39, 0.29) is 10.8 Å². The molecule has 2 aromatic carbocycles. The molecule has 2 aliphatic heterocycles. The van der Waals surface area contributed by atoms with Crippen LogP contribution in [0.15, 0.2) is 36.7 Å². The first kappa shape index (κ1) is 30.1. The SMILES string of the molecule is COc1cc(Nc2ncc(CCc3c(F)c(OC)cc(OC)c3Cl)cn2)ccc1N1CCC(N2CCN(C)CC2)CC1. The number of piperazine rings is 1. The molecule has 0 bridgehead atoms. The van der Waals surface area contributed by atoms with Gasteiger partial charge in [0, 0.05) is 81.1 Å². The molecule has 0 amide bonds. The molecule has 3 heterocycles. The second-order valence-corrected chi connectivity index (χ2v) is 11.2. The van der Waals surface area contributed by atoms with E-state index in [1.807, 2.05) is 12.1 Å². The Balaban J connectivity index is 1.18. The molecule has 0 radical (unpaired) electrons. The van der Waals surface area contributed by atoms with E-state index in [1.165, 1.54) is 20.3 Å². The summed E-state index contributed by atoms with van der Waals surface area (Å²) in [6.45, 7) is 6.67. The fourth-order valence-electron chi connectivity index (χ4n) is 5.78. The number of aromatic nitrogens is 2. The topological polar surface area (TPSA) is 75.2 Å². The number of ether oxygens (including phenoxy) is 3. The molecule has 5 rings (SSSR count). The number of likely N-dealkylation sites (N-methyl/N-ethyl adjacent to an activating group) is 1. The highest BCUT2D eigenvalue weighted by Crippen LogP contribution is 2.37. The Morgan fingerprint density at radius 1 is 0.881 bits per heavy atom. The number of nitrogens with one attached hydrogen (secondary N) is 1. The van der Waals surface area contributed by atoms with Crippen LogP contribution in [0.2, 0.25) is 5.02 Å². The van der Waals surface area contributed by atoms with E-state index in [9.17, 15) is 4.39 Å². The lowest BCUT2D eigenvalue weighted by Gasteiger charge is -2.42. The fourth-order valence-corrected chi connectivity index (χ4v) is 6.09. The molecular weight excluding hydrogens is 559 g/mol. The van der Waals surface area contributed by atoms with E-state index in [2.05, 4.69) is 43.1 Å². The molecule has 42 heavy (non-hydrogen) atoms. The van der Waals surface area contributed by atoms with Gasteiger partial charge in [0.15, 0.2) is 11.6 Å². The molecule has 2 fully saturated rings. The van der Waals surface area contributed by atoms with Gasteiger partial charge < -0.3 is 29.3 Å². The summed E-state index contributed by atoms with van der Waals surface area (Å²) in [6.07, 6.45) is 6.64. The molecule has 1 aromatic heterocycles. The minimum absolute atomic E-state index is 0.0960. The zero-order valence-electron chi connectivity index (χ0n) is 24.8. The lowest BCUT2D eigenvalue weighted by Crippen LogP contribution is -2.52. The molecular formula is C31H40ClFN6O3. The van der Waals surface area contributed by atoms with Gasteiger partial charge in [0.1, 0.15) is 11.5 Å². The van der Waals surface area contributed by atoms with E-state index in [0.717, 1.165) is 74.8 Å². The smallest absolute Gasteiger partial charge is 0.227 e. The van der Waals surface area contributed by atoms with Crippen molar-refractivity contribution in [2.45, 2.75) is 31.7 Å². The molecule has 0 saturated carbocycles. The van der Waals surface area contributed by atoms with Gasteiger partial charge >= 0.3 is 0 Å². The molecule has 0 aliphatic carbocycles. The normalized spacial score (nSPS) is 16.9. The lowest BCUT2D eigenvalue weighted by molar-refractivity contribution is 0.0981. The fraction of sp³-hybridized carbons (Fsp3) is 0.484. The first-order valence-corrected chi connectivity index (χ1v) is 14.8. The van der Waals surface area contributed by atoms with Crippen molar-refractivity contribution in [1.29, 1.82) is 0 Å². The number of hydrogen-bond acceptors (Lipinski definition) is 9. The first-order valence-electron chi connectivity index (χ1n) is 14.4. The third kappa shape index (κ3) is 6.82. The third-order valence-electron chi connectivity index (χ3n) is 8.33. The average molecular weight is 599 g/mol. The van der Waals surface area contributed by atoms with Crippen molar-refractivity contribution in [3.05, 3.63) is 58.6 Å². The van der Waals surface area contributed by atoms with E-state index in [0.29, 0.717) is 36.1 Å². The summed E-state index contributed by atoms with van der Waals surface area (Å²) in [5.74, 6) is 1.27. The summed E-state index contributed by atoms with van der Waals surface area (Å²) in [7, 11) is 6.81. The standard InChI is InChI=1S/C31H40ClFN6O3/c1-37-13-15-38(16-14-37)23-9-11-39(12-10-23)25-8-6-22(17-26(25)40-2)36-31-34-19-21(20-35-31)5-7-24-29(32)27(41-3)18-28(42-4)30(24)33/h6,8,17-20,23H,5,7,9-16H2,1-4H3,(H,34,35,36). The molecule has 9 nitrogen and oxygen atoms in total. The lowest BCUT2D eigenvalue weighted by atomic mass is 10.0. The van der Waals surface area contributed by atoms with Crippen LogP contribution < -0.4 is 24.4 Å². The zero-order chi connectivity index (χ0) is 29.6. The van der Waals surface area contributed by atoms with E-state index in [4.69, 9.17) is 25.8 Å². The van der Waals surface area contributed by atoms with Crippen LogP contribution in [0.1, 0.15) is 24.0 Å². The van der Waals surface area contributed by atoms with Crippen LogP contribution >= 0.6 is 11.6 Å². The summed E-state index contributed by atoms with van der Waals surface area (Å²) in [4.78, 5) is 16.4. The minimum atomic E-state index is -0.487. The molecule has 2 saturated heterocycles. The summed E-state index contributed by atoms with van der Waals surface area (Å²) < 4.78 is 31.0. The van der Waals surface area contributed by atoms with Gasteiger partial charge in [0.25, 0.3) is 0 Å². The van der Waals surface area contributed by atoms with Gasteiger partial charge in [-0.1, -0.05) is 11.6 Å². The molecule has 1 N–H and O–H groups in total. The van der Waals surface area contributed by atoms with Gasteiger partial charge in [-0.05, 0) is 50.4 Å². The Labute approximate surface area is 252 Å². The minimum Gasteiger partial charge on any atom is -0.495 e. The Morgan fingerprint density at radius 2 is 1.55 bits per heavy atom. The summed E-state index contributed by atoms with van der Waals surface area (Å²) >= 11 is 6.37. The van der Waals surface area contributed by atoms with Crippen molar-refractivity contribution in [3.63, 3.8) is 0 Å². The Bertz CT molecular complexity index is 1320. The maximum Gasteiger partial charge on any atom is 0.227 e. The highest BCUT2D eigenvalue weighted by atomic mass is 35.5. The first-order chi connectivity index (χ1) is 20.4. The maximum absolute atomic E-state index is 14.9. The van der Waals surface area contributed by atoms with E-state index >= 15 is 0 Å². The highest BCUT2D eigenvalue weighted by Gasteiger charge is 2.28. The van der Waals surface area contributed by atoms with Gasteiger partial charge in [-0.3, -0.25) is 4.90 Å². The quantitative estimate of drug-likeness (QED) is 0.345. The average Bonchev–Trinajstić information content (AvgIpc) is 3.02. The summed E-state index contributed by atoms with van der Waals surface area (Å²) in [5.41, 5.74) is 3.14. The zero-order valence-corrected chi connectivity index (χ0v) is 25.6. The third-order valence-corrected chi connectivity index (χ3v) is 8.74. The van der Waals surface area contributed by atoms with Crippen LogP contribution in [0.5, 0.6) is 17.2 Å². The van der Waals surface area contributed by atoms with Gasteiger partial charge in [0.2, 0.25) is 5.95 Å². The van der Waals surface area contributed by atoms with Crippen molar-refractivity contribution in [2.24, 2.45) is 0 Å². The van der Waals surface area contributed by atoms with Crippen LogP contribution in [-0.4, -0.2) is 93.5 Å². The summed E-state index contributed by atoms with van der Waals surface area (Å²) in [5, 5.41) is 3.51. The number of piperidine rings is 1. The van der Waals surface area contributed by atoms with Gasteiger partial charge in [-0.25, -0.2) is 14.4 Å². The monoisotopic (exact) mass is 598 g/mol. The van der Waals surface area contributed by atoms with Crippen molar-refractivity contribution in [1.82, 2.24) is 19.8 Å². The van der Waals surface area contributed by atoms with Crippen molar-refractivity contribution in [3.8, 4) is 17.2 Å². The van der Waals surface area contributed by atoms with Crippen molar-refractivity contribution in [2.75, 3.05) is 77.9 Å². The highest BCUT2D eigenvalue weighted by molar-refractivity contribution is 6.33. The number of nitrogens with zero attached hydrogens (tertiary/aromatic N) is 5. The van der Waals surface area contributed by atoms with Gasteiger partial charge in [-0.2, -0.15) is 0 Å². The maximum atomic E-state index is 14.9. The Morgan fingerprint density at radius 3 is 2.19 bits per heavy atom. The molecule has 0 spiro atoms. The Hall–Kier alpha value is -3.34. The number of halogens is 2. The number of rotatable bonds is 10. The van der Waals surface area contributed by atoms with Crippen LogP contribution in [0, 0.1) is 5.82 Å². The van der Waals surface area contributed by atoms with Crippen LogP contribution in [0.4, 0.5) is 21.7 Å². The van der Waals surface area contributed by atoms with E-state index in [1.54, 1.807) is 19.5 Å². The van der Waals surface area contributed by atoms with Gasteiger partial charge in [0.05, 0.1) is 32.0 Å². The Kier molecular flexibility index (Phi) is 9.87. The number of benzene rings is 2. The van der Waals surface area contributed by atoms with E-state index < -0.39 is 5.82 Å². The summed E-state index contributed by atoms with van der Waals surface area (Å²) in [6, 6.07) is 8.23. The molecule has 0 unspecified atom stereocenters. The van der Waals surface area contributed by atoms with Crippen molar-refractivity contribution >= 4 is 28.9 Å². The van der Waals surface area contributed by atoms with Crippen molar-refractivity contribution < 1.29 is 18.6 Å². The molecule has 3 aromatic rings. The number of hydrogen-bond donors (Lipinski definition) is 1. The molecule has 226 valence electrons. The second kappa shape index (κ2) is 13.8. The predicted octanol–water partition coefficient (Wildman–Crippen LogP) is 5.04. The van der Waals surface area contributed by atoms with Crippen LogP contribution in [-0.2, 0) is 12.8 Å². The number of methoxy groups -OCH3 is 3. The second-order valence-electron chi connectivity index (χ2n) is 10.9. The number of anilines is 3. The number of aryl methyl sites for hydroxylation is 1. The predicted molar refractivity (Wildman–Crippen MR) is 165 cm³/mol. The van der Waals surface area contributed by atoms with Gasteiger partial charge in [-0.15, -0.1) is 0 Å². The molecule has 2 aliphatic rings. The van der Waals surface area contributed by atoms with Crippen LogP contribution in [0.25, 0.3) is 0 Å². The van der Waals surface area contributed by atoms with Crippen LogP contribution in [0.3, 0.4) is 0 Å². The largest absolute Gasteiger partial charge is 0.495 e. The molecule has 11 heteroatoms.